The smallest absolute Gasteiger partial charge is 0.328 e. The van der Waals surface area contributed by atoms with Gasteiger partial charge in [0.05, 0.1) is 24.3 Å². The number of ether oxygens (including phenoxy) is 1. The van der Waals surface area contributed by atoms with Crippen molar-refractivity contribution in [2.45, 2.75) is 44.7 Å². The number of fused-ring (bicyclic) bond motifs is 1. The quantitative estimate of drug-likeness (QED) is 0.812. The van der Waals surface area contributed by atoms with E-state index in [0.717, 1.165) is 0 Å². The molecule has 122 valence electrons. The van der Waals surface area contributed by atoms with Crippen LogP contribution in [0.4, 0.5) is 5.82 Å². The van der Waals surface area contributed by atoms with E-state index in [1.165, 1.54) is 7.11 Å². The van der Waals surface area contributed by atoms with Gasteiger partial charge in [-0.2, -0.15) is 0 Å². The molecule has 7 nitrogen and oxygen atoms in total. The molecule has 1 aliphatic rings. The van der Waals surface area contributed by atoms with E-state index < -0.39 is 15.9 Å². The number of rotatable bonds is 5. The van der Waals surface area contributed by atoms with Crippen LogP contribution in [0.3, 0.4) is 0 Å². The number of methoxy groups -OCH3 is 1. The van der Waals surface area contributed by atoms with E-state index in [-0.39, 0.29) is 23.4 Å². The van der Waals surface area contributed by atoms with Gasteiger partial charge in [0.15, 0.2) is 9.84 Å². The molecular formula is C14H21N3O4S. The number of nitrogens with one attached hydrogen (secondary N) is 1. The second kappa shape index (κ2) is 6.20. The summed E-state index contributed by atoms with van der Waals surface area (Å²) >= 11 is 0. The Morgan fingerprint density at radius 2 is 2.00 bits per heavy atom. The van der Waals surface area contributed by atoms with Gasteiger partial charge in [0.2, 0.25) is 0 Å². The number of anilines is 1. The molecule has 0 saturated heterocycles. The molecule has 0 spiro atoms. The molecule has 2 rings (SSSR count). The van der Waals surface area contributed by atoms with Crippen molar-refractivity contribution < 1.29 is 17.9 Å². The first kappa shape index (κ1) is 16.7. The van der Waals surface area contributed by atoms with Crippen molar-refractivity contribution in [3.05, 3.63) is 17.1 Å². The fourth-order valence-corrected chi connectivity index (χ4v) is 4.02. The first-order valence-corrected chi connectivity index (χ1v) is 8.95. The summed E-state index contributed by atoms with van der Waals surface area (Å²) in [5, 5.41) is 3.05. The first-order chi connectivity index (χ1) is 10.2. The van der Waals surface area contributed by atoms with Crippen LogP contribution in [0.15, 0.2) is 0 Å². The standard InChI is InChI=1S/C14H21N3O4S/c1-8(2)5-11(14(18)21-4)17-13-10-6-22(19,20)7-12(10)15-9(3)16-13/h8,11H,5-7H2,1-4H3,(H,15,16,17)/t11-/m0/s1. The Bertz CT molecular complexity index is 686. The molecule has 1 aromatic heterocycles. The zero-order valence-electron chi connectivity index (χ0n) is 13.2. The van der Waals surface area contributed by atoms with Crippen LogP contribution in [0.1, 0.15) is 37.4 Å². The number of sulfone groups is 1. The van der Waals surface area contributed by atoms with Crippen molar-refractivity contribution >= 4 is 21.6 Å². The molecule has 1 N–H and O–H groups in total. The molecule has 2 heterocycles. The highest BCUT2D eigenvalue weighted by Gasteiger charge is 2.31. The summed E-state index contributed by atoms with van der Waals surface area (Å²) in [7, 11) is -1.86. The van der Waals surface area contributed by atoms with Crippen molar-refractivity contribution in [3.8, 4) is 0 Å². The van der Waals surface area contributed by atoms with Crippen LogP contribution in [0.5, 0.6) is 0 Å². The maximum atomic E-state index is 11.9. The number of carbonyl (C=O) groups excluding carboxylic acids is 1. The number of aryl methyl sites for hydroxylation is 1. The average Bonchev–Trinajstić information content (AvgIpc) is 2.70. The van der Waals surface area contributed by atoms with E-state index in [1.807, 2.05) is 13.8 Å². The second-order valence-electron chi connectivity index (χ2n) is 5.93. The number of nitrogens with zero attached hydrogens (tertiary/aromatic N) is 2. The highest BCUT2D eigenvalue weighted by Crippen LogP contribution is 2.29. The van der Waals surface area contributed by atoms with Gasteiger partial charge in [0.25, 0.3) is 0 Å². The largest absolute Gasteiger partial charge is 0.467 e. The van der Waals surface area contributed by atoms with Crippen LogP contribution in [0, 0.1) is 12.8 Å². The molecule has 0 radical (unpaired) electrons. The van der Waals surface area contributed by atoms with E-state index in [4.69, 9.17) is 4.74 Å². The Morgan fingerprint density at radius 1 is 1.32 bits per heavy atom. The molecule has 1 atom stereocenters. The predicted octanol–water partition coefficient (Wildman–Crippen LogP) is 1.21. The summed E-state index contributed by atoms with van der Waals surface area (Å²) in [4.78, 5) is 20.4. The van der Waals surface area contributed by atoms with Crippen molar-refractivity contribution in [1.29, 1.82) is 0 Å². The summed E-state index contributed by atoms with van der Waals surface area (Å²) < 4.78 is 28.4. The Hall–Kier alpha value is -1.70. The van der Waals surface area contributed by atoms with Gasteiger partial charge in [-0.1, -0.05) is 13.8 Å². The summed E-state index contributed by atoms with van der Waals surface area (Å²) in [6.45, 7) is 5.70. The lowest BCUT2D eigenvalue weighted by Crippen LogP contribution is -2.33. The maximum Gasteiger partial charge on any atom is 0.328 e. The van der Waals surface area contributed by atoms with Gasteiger partial charge in [0, 0.05) is 5.56 Å². The fraction of sp³-hybridized carbons (Fsp3) is 0.643. The van der Waals surface area contributed by atoms with Gasteiger partial charge in [-0.3, -0.25) is 0 Å². The molecule has 0 unspecified atom stereocenters. The minimum atomic E-state index is -3.19. The van der Waals surface area contributed by atoms with Gasteiger partial charge < -0.3 is 10.1 Å². The number of hydrogen-bond acceptors (Lipinski definition) is 7. The van der Waals surface area contributed by atoms with E-state index in [1.54, 1.807) is 6.92 Å². The highest BCUT2D eigenvalue weighted by molar-refractivity contribution is 7.90. The van der Waals surface area contributed by atoms with Crippen molar-refractivity contribution in [2.24, 2.45) is 5.92 Å². The van der Waals surface area contributed by atoms with Crippen LogP contribution in [0.25, 0.3) is 0 Å². The molecule has 1 aromatic rings. The van der Waals surface area contributed by atoms with E-state index in [9.17, 15) is 13.2 Å². The van der Waals surface area contributed by atoms with Crippen molar-refractivity contribution in [1.82, 2.24) is 9.97 Å². The van der Waals surface area contributed by atoms with Crippen LogP contribution < -0.4 is 5.32 Å². The highest BCUT2D eigenvalue weighted by atomic mass is 32.2. The van der Waals surface area contributed by atoms with Gasteiger partial charge >= 0.3 is 5.97 Å². The predicted molar refractivity (Wildman–Crippen MR) is 82.0 cm³/mol. The van der Waals surface area contributed by atoms with Gasteiger partial charge in [0.1, 0.15) is 17.7 Å². The summed E-state index contributed by atoms with van der Waals surface area (Å²) in [6, 6.07) is -0.563. The average molecular weight is 327 g/mol. The third-order valence-corrected chi connectivity index (χ3v) is 4.87. The lowest BCUT2D eigenvalue weighted by atomic mass is 10.0. The second-order valence-corrected chi connectivity index (χ2v) is 7.99. The Kier molecular flexibility index (Phi) is 4.69. The minimum absolute atomic E-state index is 0.0759. The molecule has 8 heteroatoms. The van der Waals surface area contributed by atoms with Gasteiger partial charge in [-0.15, -0.1) is 0 Å². The van der Waals surface area contributed by atoms with E-state index in [0.29, 0.717) is 29.3 Å². The Morgan fingerprint density at radius 3 is 2.59 bits per heavy atom. The maximum absolute atomic E-state index is 11.9. The van der Waals surface area contributed by atoms with Crippen molar-refractivity contribution in [2.75, 3.05) is 12.4 Å². The van der Waals surface area contributed by atoms with E-state index in [2.05, 4.69) is 15.3 Å². The third-order valence-electron chi connectivity index (χ3n) is 3.43. The number of hydrogen-bond donors (Lipinski definition) is 1. The fourth-order valence-electron chi connectivity index (χ4n) is 2.52. The lowest BCUT2D eigenvalue weighted by molar-refractivity contribution is -0.141. The normalized spacial score (nSPS) is 17.1. The molecule has 0 bridgehead atoms. The van der Waals surface area contributed by atoms with Crippen molar-refractivity contribution in [3.63, 3.8) is 0 Å². The lowest BCUT2D eigenvalue weighted by Gasteiger charge is -2.20. The molecular weight excluding hydrogens is 306 g/mol. The molecule has 0 aliphatic carbocycles. The molecule has 22 heavy (non-hydrogen) atoms. The minimum Gasteiger partial charge on any atom is -0.467 e. The summed E-state index contributed by atoms with van der Waals surface area (Å²) in [5.41, 5.74) is 1.08. The van der Waals surface area contributed by atoms with Gasteiger partial charge in [-0.05, 0) is 19.3 Å². The molecule has 0 saturated carbocycles. The van der Waals surface area contributed by atoms with Gasteiger partial charge in [-0.25, -0.2) is 23.2 Å². The van der Waals surface area contributed by atoms with Crippen LogP contribution in [-0.2, 0) is 30.9 Å². The third kappa shape index (κ3) is 3.73. The van der Waals surface area contributed by atoms with Crippen LogP contribution in [0.2, 0.25) is 0 Å². The Balaban J connectivity index is 2.35. The van der Waals surface area contributed by atoms with Crippen LogP contribution >= 0.6 is 0 Å². The molecule has 0 amide bonds. The van der Waals surface area contributed by atoms with Crippen LogP contribution in [-0.4, -0.2) is 37.5 Å². The zero-order valence-corrected chi connectivity index (χ0v) is 14.0. The molecule has 1 aliphatic heterocycles. The number of aromatic nitrogens is 2. The number of carbonyl (C=O) groups is 1. The first-order valence-electron chi connectivity index (χ1n) is 7.13. The number of esters is 1. The summed E-state index contributed by atoms with van der Waals surface area (Å²) in [5.74, 6) is 0.607. The molecule has 0 fully saturated rings. The summed E-state index contributed by atoms with van der Waals surface area (Å²) in [6.07, 6.45) is 0.567. The topological polar surface area (TPSA) is 98.2 Å². The van der Waals surface area contributed by atoms with E-state index >= 15 is 0 Å². The SMILES string of the molecule is COC(=O)[C@H](CC(C)C)Nc1nc(C)nc2c1CS(=O)(=O)C2. The monoisotopic (exact) mass is 327 g/mol. The zero-order chi connectivity index (χ0) is 16.5. The molecule has 0 aromatic carbocycles. The Labute approximate surface area is 130 Å².